The molecule has 1 aromatic heterocycles. The normalized spacial score (nSPS) is 23.2. The van der Waals surface area contributed by atoms with Gasteiger partial charge < -0.3 is 9.64 Å². The third-order valence-corrected chi connectivity index (χ3v) is 6.75. The molecule has 0 radical (unpaired) electrons. The van der Waals surface area contributed by atoms with Crippen molar-refractivity contribution in [2.75, 3.05) is 13.1 Å². The molecular weight excluding hydrogens is 374 g/mol. The topological polar surface area (TPSA) is 62.7 Å². The molecule has 28 heavy (non-hydrogen) atoms. The maximum Gasteiger partial charge on any atom is 0.411 e. The van der Waals surface area contributed by atoms with Crippen LogP contribution in [0, 0.1) is 13.8 Å². The number of amides is 2. The molecule has 0 unspecified atom stereocenters. The van der Waals surface area contributed by atoms with Crippen molar-refractivity contribution in [1.29, 1.82) is 0 Å². The Hall–Kier alpha value is -2.41. The number of aromatic nitrogens is 1. The Morgan fingerprint density at radius 3 is 2.46 bits per heavy atom. The number of thiazole rings is 1. The van der Waals surface area contributed by atoms with Crippen LogP contribution in [-0.4, -0.2) is 52.0 Å². The van der Waals surface area contributed by atoms with Crippen LogP contribution in [0.5, 0.6) is 0 Å². The van der Waals surface area contributed by atoms with Gasteiger partial charge in [-0.1, -0.05) is 30.3 Å². The predicted molar refractivity (Wildman–Crippen MR) is 107 cm³/mol. The lowest BCUT2D eigenvalue weighted by Gasteiger charge is -2.37. The van der Waals surface area contributed by atoms with Gasteiger partial charge >= 0.3 is 6.09 Å². The number of hydrogen-bond acceptors (Lipinski definition) is 5. The molecule has 2 aliphatic rings. The summed E-state index contributed by atoms with van der Waals surface area (Å²) in [4.78, 5) is 34.2. The monoisotopic (exact) mass is 399 g/mol. The third kappa shape index (κ3) is 3.39. The van der Waals surface area contributed by atoms with Gasteiger partial charge in [-0.2, -0.15) is 0 Å². The van der Waals surface area contributed by atoms with E-state index in [-0.39, 0.29) is 30.2 Å². The van der Waals surface area contributed by atoms with E-state index in [1.54, 1.807) is 0 Å². The summed E-state index contributed by atoms with van der Waals surface area (Å²) < 4.78 is 5.69. The first-order chi connectivity index (χ1) is 13.5. The molecule has 2 aliphatic heterocycles. The lowest BCUT2D eigenvalue weighted by Crippen LogP contribution is -2.49. The van der Waals surface area contributed by atoms with Crippen LogP contribution in [0.15, 0.2) is 30.3 Å². The zero-order valence-electron chi connectivity index (χ0n) is 16.4. The van der Waals surface area contributed by atoms with Crippen LogP contribution in [0.25, 0.3) is 0 Å². The minimum Gasteiger partial charge on any atom is -0.439 e. The van der Waals surface area contributed by atoms with Gasteiger partial charge in [-0.3, -0.25) is 9.69 Å². The molecule has 2 atom stereocenters. The van der Waals surface area contributed by atoms with Gasteiger partial charge in [0, 0.05) is 19.1 Å². The molecule has 6 nitrogen and oxygen atoms in total. The van der Waals surface area contributed by atoms with Gasteiger partial charge in [0.05, 0.1) is 16.7 Å². The number of aryl methyl sites for hydroxylation is 2. The van der Waals surface area contributed by atoms with Crippen molar-refractivity contribution in [3.8, 4) is 0 Å². The highest BCUT2D eigenvalue weighted by atomic mass is 32.1. The van der Waals surface area contributed by atoms with E-state index in [9.17, 15) is 9.59 Å². The van der Waals surface area contributed by atoms with Gasteiger partial charge in [0.2, 0.25) is 0 Å². The average molecular weight is 400 g/mol. The Balaban J connectivity index is 1.41. The van der Waals surface area contributed by atoms with Crippen LogP contribution in [0.3, 0.4) is 0 Å². The van der Waals surface area contributed by atoms with Crippen molar-refractivity contribution in [3.63, 3.8) is 0 Å². The van der Waals surface area contributed by atoms with E-state index in [1.807, 2.05) is 60.9 Å². The SMILES string of the molecule is Cc1nc(C)c(C(=O)N2CCC(N3C(=O)O[C@@H](c4ccccc4)[C@H]3C)CC2)s1. The summed E-state index contributed by atoms with van der Waals surface area (Å²) in [5.74, 6) is 0.0563. The van der Waals surface area contributed by atoms with Gasteiger partial charge in [-0.25, -0.2) is 9.78 Å². The molecule has 1 aromatic carbocycles. The van der Waals surface area contributed by atoms with Crippen LogP contribution >= 0.6 is 11.3 Å². The van der Waals surface area contributed by atoms with Crippen LogP contribution in [0.4, 0.5) is 4.79 Å². The van der Waals surface area contributed by atoms with Crippen molar-refractivity contribution in [2.45, 2.75) is 51.8 Å². The van der Waals surface area contributed by atoms with Crippen LogP contribution in [0.2, 0.25) is 0 Å². The molecule has 4 rings (SSSR count). The van der Waals surface area contributed by atoms with Crippen LogP contribution in [-0.2, 0) is 4.74 Å². The number of nitrogens with zero attached hydrogens (tertiary/aromatic N) is 3. The zero-order chi connectivity index (χ0) is 19.8. The number of benzene rings is 1. The summed E-state index contributed by atoms with van der Waals surface area (Å²) in [6, 6.07) is 9.97. The molecular formula is C21H25N3O3S. The number of likely N-dealkylation sites (tertiary alicyclic amines) is 1. The molecule has 0 aliphatic carbocycles. The second-order valence-corrected chi connectivity index (χ2v) is 8.74. The number of hydrogen-bond donors (Lipinski definition) is 0. The number of carbonyl (C=O) groups excluding carboxylic acids is 2. The van der Waals surface area contributed by atoms with E-state index >= 15 is 0 Å². The molecule has 7 heteroatoms. The molecule has 0 spiro atoms. The minimum absolute atomic E-state index is 0.0199. The van der Waals surface area contributed by atoms with Gasteiger partial charge in [0.15, 0.2) is 0 Å². The fourth-order valence-corrected chi connectivity index (χ4v) is 5.16. The number of carbonyl (C=O) groups is 2. The van der Waals surface area contributed by atoms with E-state index < -0.39 is 0 Å². The maximum absolute atomic E-state index is 12.8. The quantitative estimate of drug-likeness (QED) is 0.784. The predicted octanol–water partition coefficient (Wildman–Crippen LogP) is 3.95. The number of piperidine rings is 1. The van der Waals surface area contributed by atoms with Crippen molar-refractivity contribution in [1.82, 2.24) is 14.8 Å². The Morgan fingerprint density at radius 1 is 1.18 bits per heavy atom. The molecule has 3 heterocycles. The molecule has 2 aromatic rings. The van der Waals surface area contributed by atoms with Gasteiger partial charge in [0.25, 0.3) is 5.91 Å². The van der Waals surface area contributed by atoms with E-state index in [4.69, 9.17) is 4.74 Å². The summed E-state index contributed by atoms with van der Waals surface area (Å²) in [6.45, 7) is 7.14. The molecule has 0 saturated carbocycles. The summed E-state index contributed by atoms with van der Waals surface area (Å²) in [6.07, 6.45) is 1.05. The third-order valence-electron chi connectivity index (χ3n) is 5.69. The smallest absolute Gasteiger partial charge is 0.411 e. The first-order valence-corrected chi connectivity index (χ1v) is 10.5. The first-order valence-electron chi connectivity index (χ1n) is 9.73. The summed E-state index contributed by atoms with van der Waals surface area (Å²) >= 11 is 1.45. The standard InChI is InChI=1S/C21H25N3O3S/c1-13-19(28-15(3)22-13)20(25)23-11-9-17(10-12-23)24-14(2)18(27-21(24)26)16-7-5-4-6-8-16/h4-8,14,17-18H,9-12H2,1-3H3/t14-,18-/m1/s1. The largest absolute Gasteiger partial charge is 0.439 e. The molecule has 2 saturated heterocycles. The van der Waals surface area contributed by atoms with Gasteiger partial charge in [0.1, 0.15) is 11.0 Å². The highest BCUT2D eigenvalue weighted by molar-refractivity contribution is 7.13. The van der Waals surface area contributed by atoms with E-state index in [1.165, 1.54) is 11.3 Å². The van der Waals surface area contributed by atoms with E-state index in [2.05, 4.69) is 4.98 Å². The Kier molecular flexibility index (Phi) is 5.10. The molecule has 0 N–H and O–H groups in total. The Bertz CT molecular complexity index is 874. The van der Waals surface area contributed by atoms with Crippen LogP contribution in [0.1, 0.15) is 51.8 Å². The Morgan fingerprint density at radius 2 is 1.86 bits per heavy atom. The molecule has 2 amide bonds. The summed E-state index contributed by atoms with van der Waals surface area (Å²) in [5.41, 5.74) is 1.83. The van der Waals surface area contributed by atoms with Crippen molar-refractivity contribution in [2.24, 2.45) is 0 Å². The van der Waals surface area contributed by atoms with Crippen molar-refractivity contribution >= 4 is 23.3 Å². The van der Waals surface area contributed by atoms with Crippen molar-refractivity contribution in [3.05, 3.63) is 51.5 Å². The maximum atomic E-state index is 12.8. The van der Waals surface area contributed by atoms with Crippen molar-refractivity contribution < 1.29 is 14.3 Å². The second-order valence-electron chi connectivity index (χ2n) is 7.53. The minimum atomic E-state index is -0.250. The highest BCUT2D eigenvalue weighted by Gasteiger charge is 2.44. The van der Waals surface area contributed by atoms with Gasteiger partial charge in [-0.05, 0) is 39.2 Å². The molecule has 2 fully saturated rings. The summed E-state index contributed by atoms with van der Waals surface area (Å²) in [7, 11) is 0. The number of cyclic esters (lactones) is 1. The van der Waals surface area contributed by atoms with E-state index in [0.717, 1.165) is 34.0 Å². The van der Waals surface area contributed by atoms with E-state index in [0.29, 0.717) is 13.1 Å². The number of ether oxygens (including phenoxy) is 1. The second kappa shape index (κ2) is 7.54. The Labute approximate surface area is 169 Å². The van der Waals surface area contributed by atoms with Crippen LogP contribution < -0.4 is 0 Å². The van der Waals surface area contributed by atoms with Gasteiger partial charge in [-0.15, -0.1) is 11.3 Å². The fraction of sp³-hybridized carbons (Fsp3) is 0.476. The molecule has 0 bridgehead atoms. The first kappa shape index (κ1) is 18.9. The fourth-order valence-electron chi connectivity index (χ4n) is 4.27. The lowest BCUT2D eigenvalue weighted by atomic mass is 9.98. The molecule has 148 valence electrons. The summed E-state index contributed by atoms with van der Waals surface area (Å²) in [5, 5.41) is 0.913. The zero-order valence-corrected chi connectivity index (χ0v) is 17.2. The average Bonchev–Trinajstić information content (AvgIpc) is 3.19. The number of rotatable bonds is 3. The highest BCUT2D eigenvalue weighted by Crippen LogP contribution is 2.36. The lowest BCUT2D eigenvalue weighted by molar-refractivity contribution is 0.0644.